The molecule has 1 aromatic carbocycles. The number of nitrogens with one attached hydrogen (secondary N) is 1. The summed E-state index contributed by atoms with van der Waals surface area (Å²) in [6.07, 6.45) is 0. The summed E-state index contributed by atoms with van der Waals surface area (Å²) in [7, 11) is 0. The van der Waals surface area contributed by atoms with Gasteiger partial charge in [0.05, 0.1) is 19.3 Å². The van der Waals surface area contributed by atoms with Crippen molar-refractivity contribution in [1.82, 2.24) is 10.2 Å². The van der Waals surface area contributed by atoms with Crippen molar-refractivity contribution in [1.29, 1.82) is 0 Å². The maximum absolute atomic E-state index is 13.4. The lowest BCUT2D eigenvalue weighted by Crippen LogP contribution is -2.49. The minimum Gasteiger partial charge on any atom is -0.378 e. The SMILES string of the molecule is Cc1ccc(CNC(C)C(=O)N2CCOCC2)cc1F. The van der Waals surface area contributed by atoms with Crippen LogP contribution in [0.4, 0.5) is 4.39 Å². The zero-order valence-electron chi connectivity index (χ0n) is 12.0. The van der Waals surface area contributed by atoms with Crippen LogP contribution in [0.25, 0.3) is 0 Å². The molecule has 1 aliphatic heterocycles. The van der Waals surface area contributed by atoms with Gasteiger partial charge in [0.2, 0.25) is 5.91 Å². The van der Waals surface area contributed by atoms with Gasteiger partial charge in [0.1, 0.15) is 5.82 Å². The van der Waals surface area contributed by atoms with E-state index in [2.05, 4.69) is 5.32 Å². The van der Waals surface area contributed by atoms with E-state index in [1.807, 2.05) is 13.0 Å². The minimum atomic E-state index is -0.280. The molecule has 0 radical (unpaired) electrons. The van der Waals surface area contributed by atoms with E-state index in [0.717, 1.165) is 5.56 Å². The summed E-state index contributed by atoms with van der Waals surface area (Å²) in [5.41, 5.74) is 1.47. The molecule has 1 aliphatic rings. The van der Waals surface area contributed by atoms with Gasteiger partial charge in [-0.25, -0.2) is 4.39 Å². The molecule has 0 spiro atoms. The number of ether oxygens (including phenoxy) is 1. The van der Waals surface area contributed by atoms with Crippen LogP contribution in [0.3, 0.4) is 0 Å². The minimum absolute atomic E-state index is 0.0703. The predicted octanol–water partition coefficient (Wildman–Crippen LogP) is 1.47. The Bertz CT molecular complexity index is 473. The van der Waals surface area contributed by atoms with E-state index < -0.39 is 0 Å². The number of benzene rings is 1. The van der Waals surface area contributed by atoms with Crippen LogP contribution in [0.2, 0.25) is 0 Å². The number of carbonyl (C=O) groups is 1. The Balaban J connectivity index is 1.85. The third kappa shape index (κ3) is 3.77. The Morgan fingerprint density at radius 2 is 2.15 bits per heavy atom. The van der Waals surface area contributed by atoms with Crippen molar-refractivity contribution in [3.8, 4) is 0 Å². The summed E-state index contributed by atoms with van der Waals surface area (Å²) in [6.45, 7) is 6.53. The molecule has 5 heteroatoms. The number of morpholine rings is 1. The number of halogens is 1. The van der Waals surface area contributed by atoms with Crippen LogP contribution < -0.4 is 5.32 Å². The molecule has 1 heterocycles. The van der Waals surface area contributed by atoms with Crippen molar-refractivity contribution in [2.24, 2.45) is 0 Å². The molecule has 20 heavy (non-hydrogen) atoms. The average molecular weight is 280 g/mol. The van der Waals surface area contributed by atoms with Gasteiger partial charge in [-0.2, -0.15) is 0 Å². The Hall–Kier alpha value is -1.46. The van der Waals surface area contributed by atoms with Gasteiger partial charge >= 0.3 is 0 Å². The monoisotopic (exact) mass is 280 g/mol. The van der Waals surface area contributed by atoms with Gasteiger partial charge < -0.3 is 15.0 Å². The number of hydrogen-bond acceptors (Lipinski definition) is 3. The summed E-state index contributed by atoms with van der Waals surface area (Å²) < 4.78 is 18.7. The lowest BCUT2D eigenvalue weighted by atomic mass is 10.1. The van der Waals surface area contributed by atoms with Crippen LogP contribution in [-0.2, 0) is 16.1 Å². The predicted molar refractivity (Wildman–Crippen MR) is 74.8 cm³/mol. The number of amides is 1. The summed E-state index contributed by atoms with van der Waals surface area (Å²) >= 11 is 0. The van der Waals surface area contributed by atoms with Gasteiger partial charge in [0, 0.05) is 19.6 Å². The summed E-state index contributed by atoms with van der Waals surface area (Å²) in [5.74, 6) is -0.141. The average Bonchev–Trinajstić information content (AvgIpc) is 2.48. The maximum Gasteiger partial charge on any atom is 0.239 e. The van der Waals surface area contributed by atoms with E-state index in [0.29, 0.717) is 38.4 Å². The molecule has 1 atom stereocenters. The van der Waals surface area contributed by atoms with Gasteiger partial charge in [-0.3, -0.25) is 4.79 Å². The Labute approximate surface area is 118 Å². The van der Waals surface area contributed by atoms with E-state index in [9.17, 15) is 9.18 Å². The Kier molecular flexibility index (Phi) is 5.09. The molecule has 110 valence electrons. The largest absolute Gasteiger partial charge is 0.378 e. The Morgan fingerprint density at radius 3 is 2.80 bits per heavy atom. The maximum atomic E-state index is 13.4. The molecular formula is C15H21FN2O2. The van der Waals surface area contributed by atoms with Crippen molar-refractivity contribution >= 4 is 5.91 Å². The summed E-state index contributed by atoms with van der Waals surface area (Å²) in [6, 6.07) is 4.85. The highest BCUT2D eigenvalue weighted by atomic mass is 19.1. The van der Waals surface area contributed by atoms with Crippen LogP contribution in [0, 0.1) is 12.7 Å². The van der Waals surface area contributed by atoms with Crippen LogP contribution >= 0.6 is 0 Å². The molecule has 4 nitrogen and oxygen atoms in total. The molecule has 1 saturated heterocycles. The lowest BCUT2D eigenvalue weighted by Gasteiger charge is -2.29. The molecule has 1 amide bonds. The molecule has 1 aromatic rings. The molecule has 0 saturated carbocycles. The molecular weight excluding hydrogens is 259 g/mol. The first-order valence-corrected chi connectivity index (χ1v) is 6.93. The van der Waals surface area contributed by atoms with E-state index in [-0.39, 0.29) is 17.8 Å². The third-order valence-corrected chi connectivity index (χ3v) is 3.54. The number of nitrogens with zero attached hydrogens (tertiary/aromatic N) is 1. The number of aryl methyl sites for hydroxylation is 1. The number of hydrogen-bond donors (Lipinski definition) is 1. The Morgan fingerprint density at radius 1 is 1.45 bits per heavy atom. The first-order chi connectivity index (χ1) is 9.58. The second kappa shape index (κ2) is 6.81. The summed E-state index contributed by atoms with van der Waals surface area (Å²) in [5, 5.41) is 3.14. The highest BCUT2D eigenvalue weighted by Crippen LogP contribution is 2.09. The number of carbonyl (C=O) groups excluding carboxylic acids is 1. The van der Waals surface area contributed by atoms with Gasteiger partial charge in [0.15, 0.2) is 0 Å². The fourth-order valence-electron chi connectivity index (χ4n) is 2.16. The smallest absolute Gasteiger partial charge is 0.239 e. The van der Waals surface area contributed by atoms with Gasteiger partial charge in [0.25, 0.3) is 0 Å². The van der Waals surface area contributed by atoms with Crippen molar-refractivity contribution in [2.45, 2.75) is 26.4 Å². The lowest BCUT2D eigenvalue weighted by molar-refractivity contribution is -0.137. The highest BCUT2D eigenvalue weighted by molar-refractivity contribution is 5.81. The van der Waals surface area contributed by atoms with Crippen LogP contribution in [0.1, 0.15) is 18.1 Å². The third-order valence-electron chi connectivity index (χ3n) is 3.54. The molecule has 1 N–H and O–H groups in total. The zero-order valence-corrected chi connectivity index (χ0v) is 12.0. The first kappa shape index (κ1) is 14.9. The fourth-order valence-corrected chi connectivity index (χ4v) is 2.16. The standard InChI is InChI=1S/C15H21FN2O2/c1-11-3-4-13(9-14(11)16)10-17-12(2)15(19)18-5-7-20-8-6-18/h3-4,9,12,17H,5-8,10H2,1-2H3. The van der Waals surface area contributed by atoms with Crippen molar-refractivity contribution in [2.75, 3.05) is 26.3 Å². The van der Waals surface area contributed by atoms with Crippen LogP contribution in [0.5, 0.6) is 0 Å². The van der Waals surface area contributed by atoms with Gasteiger partial charge in [-0.15, -0.1) is 0 Å². The molecule has 1 unspecified atom stereocenters. The number of rotatable bonds is 4. The fraction of sp³-hybridized carbons (Fsp3) is 0.533. The van der Waals surface area contributed by atoms with Crippen LogP contribution in [0.15, 0.2) is 18.2 Å². The van der Waals surface area contributed by atoms with E-state index >= 15 is 0 Å². The topological polar surface area (TPSA) is 41.6 Å². The molecule has 0 bridgehead atoms. The van der Waals surface area contributed by atoms with E-state index in [4.69, 9.17) is 4.74 Å². The normalized spacial score (nSPS) is 17.1. The van der Waals surface area contributed by atoms with Crippen molar-refractivity contribution in [3.05, 3.63) is 35.1 Å². The van der Waals surface area contributed by atoms with Crippen molar-refractivity contribution < 1.29 is 13.9 Å². The second-order valence-electron chi connectivity index (χ2n) is 5.12. The second-order valence-corrected chi connectivity index (χ2v) is 5.12. The van der Waals surface area contributed by atoms with E-state index in [1.54, 1.807) is 17.9 Å². The van der Waals surface area contributed by atoms with Crippen LogP contribution in [-0.4, -0.2) is 43.2 Å². The molecule has 1 fully saturated rings. The molecule has 2 rings (SSSR count). The summed E-state index contributed by atoms with van der Waals surface area (Å²) in [4.78, 5) is 14.0. The first-order valence-electron chi connectivity index (χ1n) is 6.93. The molecule has 0 aromatic heterocycles. The van der Waals surface area contributed by atoms with Gasteiger partial charge in [-0.05, 0) is 31.0 Å². The molecule has 0 aliphatic carbocycles. The quantitative estimate of drug-likeness (QED) is 0.908. The van der Waals surface area contributed by atoms with Gasteiger partial charge in [-0.1, -0.05) is 12.1 Å². The van der Waals surface area contributed by atoms with Crippen molar-refractivity contribution in [3.63, 3.8) is 0 Å². The van der Waals surface area contributed by atoms with E-state index in [1.165, 1.54) is 6.07 Å². The zero-order chi connectivity index (χ0) is 14.5. The highest BCUT2D eigenvalue weighted by Gasteiger charge is 2.21.